The van der Waals surface area contributed by atoms with Crippen molar-refractivity contribution in [1.82, 2.24) is 0 Å². The van der Waals surface area contributed by atoms with Gasteiger partial charge in [-0.05, 0) is 18.9 Å². The number of aliphatic imine (C=N–C) groups is 1. The third-order valence-corrected chi connectivity index (χ3v) is 1.95. The lowest BCUT2D eigenvalue weighted by atomic mass is 10.3. The Bertz CT molecular complexity index is 241. The number of carboxylic acid groups (broad SMARTS) is 1. The molecule has 0 fully saturated rings. The largest absolute Gasteiger partial charge is 0.477 e. The van der Waals surface area contributed by atoms with Crippen molar-refractivity contribution in [3.63, 3.8) is 0 Å². The lowest BCUT2D eigenvalue weighted by molar-refractivity contribution is -0.129. The summed E-state index contributed by atoms with van der Waals surface area (Å²) in [6.45, 7) is 6.28. The van der Waals surface area contributed by atoms with Crippen molar-refractivity contribution in [1.29, 1.82) is 0 Å². The summed E-state index contributed by atoms with van der Waals surface area (Å²) in [7, 11) is 0. The van der Waals surface area contributed by atoms with Crippen molar-refractivity contribution in [2.24, 2.45) is 4.99 Å². The Kier molecular flexibility index (Phi) is 9.61. The molecule has 1 rings (SSSR count). The van der Waals surface area contributed by atoms with Gasteiger partial charge in [0.15, 0.2) is 0 Å². The Morgan fingerprint density at radius 3 is 2.00 bits per heavy atom. The minimum Gasteiger partial charge on any atom is -0.477 e. The molecule has 0 saturated carbocycles. The number of ether oxygens (including phenoxy) is 1. The third-order valence-electron chi connectivity index (χ3n) is 1.95. The number of hydrogen-bond donors (Lipinski definition) is 1. The Hall–Kier alpha value is -1.16. The smallest absolute Gasteiger partial charge is 0.354 e. The second kappa shape index (κ2) is 10.4. The van der Waals surface area contributed by atoms with Crippen molar-refractivity contribution in [2.75, 3.05) is 13.2 Å². The molecule has 0 amide bonds. The molecule has 1 heterocycles. The first kappa shape index (κ1) is 14.8. The van der Waals surface area contributed by atoms with Gasteiger partial charge in [0.05, 0.1) is 0 Å². The van der Waals surface area contributed by atoms with Crippen LogP contribution < -0.4 is 0 Å². The Labute approximate surface area is 97.0 Å². The van der Waals surface area contributed by atoms with Crippen LogP contribution in [0.1, 0.15) is 39.5 Å². The molecular weight excluding hydrogens is 206 g/mol. The molecule has 4 heteroatoms. The molecule has 0 unspecified atom stereocenters. The zero-order valence-corrected chi connectivity index (χ0v) is 10.1. The first-order valence-corrected chi connectivity index (χ1v) is 5.77. The molecule has 4 nitrogen and oxygen atoms in total. The van der Waals surface area contributed by atoms with Crippen LogP contribution in [0.3, 0.4) is 0 Å². The monoisotopic (exact) mass is 227 g/mol. The van der Waals surface area contributed by atoms with Gasteiger partial charge in [0.2, 0.25) is 0 Å². The summed E-state index contributed by atoms with van der Waals surface area (Å²) >= 11 is 0. The predicted octanol–water partition coefficient (Wildman–Crippen LogP) is 2.64. The molecule has 0 atom stereocenters. The van der Waals surface area contributed by atoms with Crippen LogP contribution in [0, 0.1) is 0 Å². The highest BCUT2D eigenvalue weighted by molar-refractivity contribution is 6.42. The molecule has 16 heavy (non-hydrogen) atoms. The van der Waals surface area contributed by atoms with Crippen molar-refractivity contribution < 1.29 is 14.6 Å². The lowest BCUT2D eigenvalue weighted by Crippen LogP contribution is -2.12. The first-order valence-electron chi connectivity index (χ1n) is 5.77. The molecule has 0 spiro atoms. The van der Waals surface area contributed by atoms with Gasteiger partial charge >= 0.3 is 5.97 Å². The van der Waals surface area contributed by atoms with E-state index in [9.17, 15) is 4.79 Å². The zero-order valence-electron chi connectivity index (χ0n) is 10.1. The topological polar surface area (TPSA) is 58.9 Å². The van der Waals surface area contributed by atoms with Gasteiger partial charge < -0.3 is 9.84 Å². The first-order chi connectivity index (χ1) is 7.72. The highest BCUT2D eigenvalue weighted by atomic mass is 16.5. The van der Waals surface area contributed by atoms with Gasteiger partial charge in [0, 0.05) is 19.4 Å². The van der Waals surface area contributed by atoms with Gasteiger partial charge in [0.25, 0.3) is 0 Å². The van der Waals surface area contributed by atoms with Crippen LogP contribution in [0.25, 0.3) is 0 Å². The molecule has 0 aromatic carbocycles. The number of hydrogen-bond acceptors (Lipinski definition) is 3. The van der Waals surface area contributed by atoms with E-state index in [2.05, 4.69) is 18.8 Å². The van der Waals surface area contributed by atoms with Crippen LogP contribution in [0.2, 0.25) is 0 Å². The highest BCUT2D eigenvalue weighted by Crippen LogP contribution is 1.93. The fraction of sp³-hybridized carbons (Fsp3) is 0.667. The van der Waals surface area contributed by atoms with Crippen LogP contribution >= 0.6 is 0 Å². The van der Waals surface area contributed by atoms with Gasteiger partial charge in [-0.15, -0.1) is 0 Å². The molecule has 1 aliphatic heterocycles. The fourth-order valence-corrected chi connectivity index (χ4v) is 0.870. The van der Waals surface area contributed by atoms with E-state index in [-0.39, 0.29) is 5.71 Å². The van der Waals surface area contributed by atoms with Gasteiger partial charge in [-0.1, -0.05) is 26.7 Å². The van der Waals surface area contributed by atoms with E-state index >= 15 is 0 Å². The fourth-order valence-electron chi connectivity index (χ4n) is 0.870. The lowest BCUT2D eigenvalue weighted by Gasteiger charge is -1.99. The molecule has 0 aliphatic carbocycles. The zero-order chi connectivity index (χ0) is 12.2. The Balaban J connectivity index is 0.000000288. The maximum Gasteiger partial charge on any atom is 0.354 e. The van der Waals surface area contributed by atoms with Crippen molar-refractivity contribution in [2.45, 2.75) is 39.5 Å². The normalized spacial score (nSPS) is 12.2. The van der Waals surface area contributed by atoms with E-state index in [1.807, 2.05) is 0 Å². The molecule has 0 bridgehead atoms. The van der Waals surface area contributed by atoms with Crippen molar-refractivity contribution in [3.8, 4) is 0 Å². The highest BCUT2D eigenvalue weighted by Gasteiger charge is 2.07. The Morgan fingerprint density at radius 2 is 1.81 bits per heavy atom. The van der Waals surface area contributed by atoms with Gasteiger partial charge in [-0.2, -0.15) is 0 Å². The van der Waals surface area contributed by atoms with E-state index in [1.165, 1.54) is 38.0 Å². The maximum atomic E-state index is 9.80. The quantitative estimate of drug-likeness (QED) is 0.680. The maximum absolute atomic E-state index is 9.80. The van der Waals surface area contributed by atoms with E-state index in [0.29, 0.717) is 0 Å². The van der Waals surface area contributed by atoms with Crippen LogP contribution in [-0.2, 0) is 9.53 Å². The molecule has 92 valence electrons. The molecule has 0 saturated heterocycles. The average Bonchev–Trinajstić information content (AvgIpc) is 2.15. The second-order valence-electron chi connectivity index (χ2n) is 3.45. The van der Waals surface area contributed by atoms with Crippen molar-refractivity contribution >= 4 is 11.7 Å². The molecule has 1 N–H and O–H groups in total. The summed E-state index contributed by atoms with van der Waals surface area (Å²) in [5, 5.41) is 8.05. The number of rotatable bonds is 7. The number of carboxylic acids is 1. The van der Waals surface area contributed by atoms with Crippen LogP contribution in [0.4, 0.5) is 0 Å². The number of carbonyl (C=O) groups is 1. The summed E-state index contributed by atoms with van der Waals surface area (Å²) in [5.74, 6) is -0.956. The predicted molar refractivity (Wildman–Crippen MR) is 64.8 cm³/mol. The summed E-state index contributed by atoms with van der Waals surface area (Å²) in [6.07, 6.45) is 7.80. The average molecular weight is 227 g/mol. The third kappa shape index (κ3) is 8.17. The second-order valence-corrected chi connectivity index (χ2v) is 3.45. The van der Waals surface area contributed by atoms with Crippen LogP contribution in [0.5, 0.6) is 0 Å². The van der Waals surface area contributed by atoms with E-state index in [1.54, 1.807) is 0 Å². The van der Waals surface area contributed by atoms with Crippen LogP contribution in [0.15, 0.2) is 17.3 Å². The number of nitrogens with zero attached hydrogens (tertiary/aromatic N) is 1. The van der Waals surface area contributed by atoms with E-state index < -0.39 is 5.97 Å². The van der Waals surface area contributed by atoms with Crippen molar-refractivity contribution in [3.05, 3.63) is 12.3 Å². The molecule has 0 aromatic heterocycles. The molecule has 0 radical (unpaired) electrons. The van der Waals surface area contributed by atoms with E-state index in [4.69, 9.17) is 9.84 Å². The van der Waals surface area contributed by atoms with E-state index in [0.717, 1.165) is 13.2 Å². The Morgan fingerprint density at radius 1 is 1.31 bits per heavy atom. The standard InChI is InChI=1S/C8H18O.C4H3NO2/c1-3-5-7-9-8-6-4-2;6-4(7)3-1-2-5-3/h3-8H2,1-2H3;1-2H,(H,6,7). The summed E-state index contributed by atoms with van der Waals surface area (Å²) in [5.41, 5.74) is 0.139. The van der Waals surface area contributed by atoms with Gasteiger partial charge in [-0.3, -0.25) is 0 Å². The minimum atomic E-state index is -0.956. The van der Waals surface area contributed by atoms with Gasteiger partial charge in [0.1, 0.15) is 5.71 Å². The molecule has 0 aromatic rings. The van der Waals surface area contributed by atoms with Gasteiger partial charge in [-0.25, -0.2) is 9.79 Å². The summed E-state index contributed by atoms with van der Waals surface area (Å²) in [6, 6.07) is 0. The molecule has 1 aliphatic rings. The number of unbranched alkanes of at least 4 members (excludes halogenated alkanes) is 2. The van der Waals surface area contributed by atoms with Crippen LogP contribution in [-0.4, -0.2) is 30.0 Å². The summed E-state index contributed by atoms with van der Waals surface area (Å²) in [4.78, 5) is 13.2. The number of aliphatic carboxylic acids is 1. The molecular formula is C12H21NO3. The summed E-state index contributed by atoms with van der Waals surface area (Å²) < 4.78 is 5.31. The minimum absolute atomic E-state index is 0.139. The SMILES string of the molecule is CCCCOCCCC.O=C(O)C1=NC=C1.